The first-order chi connectivity index (χ1) is 15.4. The van der Waals surface area contributed by atoms with Gasteiger partial charge in [-0.25, -0.2) is 9.79 Å². The van der Waals surface area contributed by atoms with Crippen LogP contribution in [0.4, 0.5) is 5.69 Å². The monoisotopic (exact) mass is 470 g/mol. The van der Waals surface area contributed by atoms with E-state index in [0.717, 1.165) is 0 Å². The second kappa shape index (κ2) is 10.3. The van der Waals surface area contributed by atoms with E-state index in [9.17, 15) is 9.59 Å². The van der Waals surface area contributed by atoms with Crippen molar-refractivity contribution in [2.24, 2.45) is 4.99 Å². The average Bonchev–Trinajstić information content (AvgIpc) is 3.06. The number of hydrogen-bond acceptors (Lipinski definition) is 6. The summed E-state index contributed by atoms with van der Waals surface area (Å²) in [5.41, 5.74) is 1.36. The number of ether oxygens (including phenoxy) is 2. The number of amides is 1. The van der Waals surface area contributed by atoms with E-state index in [1.807, 2.05) is 6.92 Å². The Bertz CT molecular complexity index is 1150. The molecular weight excluding hydrogens is 452 g/mol. The van der Waals surface area contributed by atoms with Crippen LogP contribution in [0.25, 0.3) is 6.08 Å². The van der Waals surface area contributed by atoms with Crippen molar-refractivity contribution in [2.75, 3.05) is 20.3 Å². The topological polar surface area (TPSA) is 88.4 Å². The number of thioether (sulfide) groups is 1. The van der Waals surface area contributed by atoms with Gasteiger partial charge in [0.15, 0.2) is 16.7 Å². The molecule has 0 aliphatic carbocycles. The van der Waals surface area contributed by atoms with Crippen LogP contribution in [0.15, 0.2) is 46.3 Å². The van der Waals surface area contributed by atoms with Gasteiger partial charge in [-0.15, -0.1) is 6.42 Å². The smallest absolute Gasteiger partial charge is 0.335 e. The molecule has 1 saturated heterocycles. The Morgan fingerprint density at radius 1 is 1.34 bits per heavy atom. The van der Waals surface area contributed by atoms with Crippen LogP contribution < -0.4 is 9.47 Å². The summed E-state index contributed by atoms with van der Waals surface area (Å²) in [6.45, 7) is 2.32. The fourth-order valence-corrected chi connectivity index (χ4v) is 4.22. The molecule has 9 heteroatoms. The summed E-state index contributed by atoms with van der Waals surface area (Å²) < 4.78 is 10.8. The van der Waals surface area contributed by atoms with E-state index in [2.05, 4.69) is 10.9 Å². The molecule has 32 heavy (non-hydrogen) atoms. The summed E-state index contributed by atoms with van der Waals surface area (Å²) in [5, 5.41) is 9.84. The van der Waals surface area contributed by atoms with Gasteiger partial charge in [-0.05, 0) is 66.7 Å². The largest absolute Gasteiger partial charge is 0.493 e. The molecule has 1 aliphatic rings. The summed E-state index contributed by atoms with van der Waals surface area (Å²) >= 11 is 7.55. The minimum atomic E-state index is -1.01. The predicted octanol–water partition coefficient (Wildman–Crippen LogP) is 4.68. The molecule has 1 aliphatic heterocycles. The number of hydrogen-bond donors (Lipinski definition) is 1. The molecule has 0 saturated carbocycles. The fraction of sp³-hybridized carbons (Fsp3) is 0.174. The third-order valence-corrected chi connectivity index (χ3v) is 5.68. The number of methoxy groups -OCH3 is 1. The zero-order valence-electron chi connectivity index (χ0n) is 17.3. The van der Waals surface area contributed by atoms with Crippen LogP contribution in [0.5, 0.6) is 11.5 Å². The Balaban J connectivity index is 1.92. The molecule has 1 amide bonds. The first-order valence-corrected chi connectivity index (χ1v) is 10.6. The molecule has 0 spiro atoms. The number of carbonyl (C=O) groups excluding carboxylic acids is 1. The highest BCUT2D eigenvalue weighted by molar-refractivity contribution is 8.18. The van der Waals surface area contributed by atoms with Crippen LogP contribution >= 0.6 is 23.4 Å². The molecule has 2 aromatic rings. The Morgan fingerprint density at radius 2 is 2.06 bits per heavy atom. The number of nitrogens with zero attached hydrogens (tertiary/aromatic N) is 2. The van der Waals surface area contributed by atoms with Crippen molar-refractivity contribution in [1.29, 1.82) is 0 Å². The maximum atomic E-state index is 12.9. The van der Waals surface area contributed by atoms with Crippen LogP contribution in [0.1, 0.15) is 22.8 Å². The first-order valence-electron chi connectivity index (χ1n) is 9.45. The number of carboxylic acid groups (broad SMARTS) is 1. The number of likely N-dealkylation sites (N-methyl/N-ethyl adjacent to an activating group) is 1. The summed E-state index contributed by atoms with van der Waals surface area (Å²) in [4.78, 5) is 30.4. The van der Waals surface area contributed by atoms with Crippen molar-refractivity contribution in [3.8, 4) is 23.8 Å². The lowest BCUT2D eigenvalue weighted by atomic mass is 10.1. The zero-order valence-corrected chi connectivity index (χ0v) is 18.9. The van der Waals surface area contributed by atoms with Crippen molar-refractivity contribution in [1.82, 2.24) is 4.90 Å². The van der Waals surface area contributed by atoms with Gasteiger partial charge in [-0.1, -0.05) is 17.5 Å². The summed E-state index contributed by atoms with van der Waals surface area (Å²) in [5.74, 6) is 1.90. The SMILES string of the molecule is C#CCOc1c(Cl)cc(C=C2SC(=Nc3ccc(C(=O)O)cc3)N(CC)C2=O)cc1OC. The quantitative estimate of drug-likeness (QED) is 0.466. The maximum Gasteiger partial charge on any atom is 0.335 e. The van der Waals surface area contributed by atoms with Gasteiger partial charge in [-0.2, -0.15) is 0 Å². The molecule has 2 aromatic carbocycles. The number of carbonyl (C=O) groups is 2. The molecule has 164 valence electrons. The van der Waals surface area contributed by atoms with E-state index in [1.165, 1.54) is 31.0 Å². The normalized spacial score (nSPS) is 15.8. The standard InChI is InChI=1S/C23H19ClN2O5S/c1-4-10-31-20-17(24)11-14(12-18(20)30-3)13-19-21(27)26(5-2)23(32-19)25-16-8-6-15(7-9-16)22(28)29/h1,6-9,11-13H,5,10H2,2-3H3,(H,28,29). The molecule has 1 N–H and O–H groups in total. The number of halogens is 1. The number of aliphatic imine (C=N–C) groups is 1. The van der Waals surface area contributed by atoms with Gasteiger partial charge in [0, 0.05) is 6.54 Å². The highest BCUT2D eigenvalue weighted by atomic mass is 35.5. The van der Waals surface area contributed by atoms with E-state index in [-0.39, 0.29) is 18.1 Å². The van der Waals surface area contributed by atoms with Crippen LogP contribution in [0, 0.1) is 12.3 Å². The van der Waals surface area contributed by atoms with E-state index in [4.69, 9.17) is 32.6 Å². The second-order valence-electron chi connectivity index (χ2n) is 6.43. The Labute approximate surface area is 194 Å². The zero-order chi connectivity index (χ0) is 23.3. The van der Waals surface area contributed by atoms with Gasteiger partial charge in [-0.3, -0.25) is 9.69 Å². The summed E-state index contributed by atoms with van der Waals surface area (Å²) in [6.07, 6.45) is 6.94. The molecular formula is C23H19ClN2O5S. The lowest BCUT2D eigenvalue weighted by molar-refractivity contribution is -0.122. The van der Waals surface area contributed by atoms with Crippen LogP contribution in [0.2, 0.25) is 5.02 Å². The molecule has 0 aromatic heterocycles. The highest BCUT2D eigenvalue weighted by Gasteiger charge is 2.32. The Hall–Kier alpha value is -3.41. The van der Waals surface area contributed by atoms with Crippen LogP contribution in [-0.2, 0) is 4.79 Å². The maximum absolute atomic E-state index is 12.9. The molecule has 0 bridgehead atoms. The van der Waals surface area contributed by atoms with Crippen molar-refractivity contribution >= 4 is 52.2 Å². The minimum absolute atomic E-state index is 0.0452. The van der Waals surface area contributed by atoms with Gasteiger partial charge in [0.05, 0.1) is 28.3 Å². The average molecular weight is 471 g/mol. The summed E-state index contributed by atoms with van der Waals surface area (Å²) in [7, 11) is 1.49. The van der Waals surface area contributed by atoms with E-state index in [1.54, 1.807) is 35.2 Å². The lowest BCUT2D eigenvalue weighted by Gasteiger charge is -2.12. The fourth-order valence-electron chi connectivity index (χ4n) is 2.89. The van der Waals surface area contributed by atoms with E-state index < -0.39 is 5.97 Å². The lowest BCUT2D eigenvalue weighted by Crippen LogP contribution is -2.28. The third-order valence-electron chi connectivity index (χ3n) is 4.39. The number of amidine groups is 1. The molecule has 7 nitrogen and oxygen atoms in total. The van der Waals surface area contributed by atoms with Gasteiger partial charge >= 0.3 is 5.97 Å². The third kappa shape index (κ3) is 5.07. The molecule has 0 unspecified atom stereocenters. The van der Waals surface area contributed by atoms with E-state index >= 15 is 0 Å². The van der Waals surface area contributed by atoms with Crippen molar-refractivity contribution < 1.29 is 24.2 Å². The second-order valence-corrected chi connectivity index (χ2v) is 7.85. The molecule has 0 atom stereocenters. The Kier molecular flexibility index (Phi) is 7.46. The van der Waals surface area contributed by atoms with Crippen molar-refractivity contribution in [3.63, 3.8) is 0 Å². The number of aromatic carboxylic acids is 1. The molecule has 1 fully saturated rings. The van der Waals surface area contributed by atoms with Crippen molar-refractivity contribution in [2.45, 2.75) is 6.92 Å². The highest BCUT2D eigenvalue weighted by Crippen LogP contribution is 2.39. The van der Waals surface area contributed by atoms with Gasteiger partial charge in [0.25, 0.3) is 5.91 Å². The van der Waals surface area contributed by atoms with Crippen LogP contribution in [0.3, 0.4) is 0 Å². The number of terminal acetylenes is 1. The first kappa shape index (κ1) is 23.3. The molecule has 3 rings (SSSR count). The molecule has 1 heterocycles. The van der Waals surface area contributed by atoms with Gasteiger partial charge in [0.1, 0.15) is 6.61 Å². The van der Waals surface area contributed by atoms with E-state index in [0.29, 0.717) is 44.4 Å². The number of rotatable bonds is 7. The number of carboxylic acids is 1. The summed E-state index contributed by atoms with van der Waals surface area (Å²) in [6, 6.07) is 9.48. The van der Waals surface area contributed by atoms with Gasteiger partial charge < -0.3 is 14.6 Å². The predicted molar refractivity (Wildman–Crippen MR) is 126 cm³/mol. The van der Waals surface area contributed by atoms with Crippen molar-refractivity contribution in [3.05, 3.63) is 57.5 Å². The molecule has 0 radical (unpaired) electrons. The van der Waals surface area contributed by atoms with Crippen LogP contribution in [-0.4, -0.2) is 47.3 Å². The minimum Gasteiger partial charge on any atom is -0.493 e. The number of benzene rings is 2. The van der Waals surface area contributed by atoms with Gasteiger partial charge in [0.2, 0.25) is 0 Å². The Morgan fingerprint density at radius 3 is 2.66 bits per heavy atom.